The molecule has 5 heteroatoms. The van der Waals surface area contributed by atoms with Crippen molar-refractivity contribution in [2.24, 2.45) is 10.9 Å². The molecule has 2 aromatic carbocycles. The molecule has 0 aliphatic heterocycles. The summed E-state index contributed by atoms with van der Waals surface area (Å²) in [7, 11) is 0. The predicted octanol–water partition coefficient (Wildman–Crippen LogP) is 4.07. The van der Waals surface area contributed by atoms with Gasteiger partial charge in [-0.2, -0.15) is 0 Å². The molecule has 3 rings (SSSR count). The Morgan fingerprint density at radius 1 is 1.03 bits per heavy atom. The van der Waals surface area contributed by atoms with Crippen molar-refractivity contribution < 1.29 is 4.79 Å². The molecule has 2 aromatic rings. The van der Waals surface area contributed by atoms with Gasteiger partial charge in [-0.3, -0.25) is 4.79 Å². The molecule has 0 unspecified atom stereocenters. The third kappa shape index (κ3) is 5.83. The molecule has 1 fully saturated rings. The zero-order valence-electron chi connectivity index (χ0n) is 17.7. The third-order valence-corrected chi connectivity index (χ3v) is 5.34. The molecule has 0 spiro atoms. The average molecular weight is 393 g/mol. The Labute approximate surface area is 174 Å². The van der Waals surface area contributed by atoms with Crippen LogP contribution in [0.5, 0.6) is 0 Å². The van der Waals surface area contributed by atoms with Gasteiger partial charge < -0.3 is 16.0 Å². The van der Waals surface area contributed by atoms with E-state index < -0.39 is 0 Å². The first-order valence-electron chi connectivity index (χ1n) is 10.5. The van der Waals surface area contributed by atoms with Gasteiger partial charge in [0, 0.05) is 30.1 Å². The highest BCUT2D eigenvalue weighted by molar-refractivity contribution is 5.92. The van der Waals surface area contributed by atoms with Crippen LogP contribution in [0.2, 0.25) is 0 Å². The van der Waals surface area contributed by atoms with Gasteiger partial charge in [-0.1, -0.05) is 56.3 Å². The van der Waals surface area contributed by atoms with Crippen LogP contribution in [0.1, 0.15) is 44.7 Å². The number of rotatable bonds is 8. The minimum Gasteiger partial charge on any atom is -0.357 e. The lowest BCUT2D eigenvalue weighted by atomic mass is 9.96. The van der Waals surface area contributed by atoms with Gasteiger partial charge in [-0.25, -0.2) is 4.99 Å². The first-order valence-corrected chi connectivity index (χ1v) is 10.5. The van der Waals surface area contributed by atoms with E-state index in [0.717, 1.165) is 30.3 Å². The zero-order valence-corrected chi connectivity index (χ0v) is 17.7. The van der Waals surface area contributed by atoms with E-state index >= 15 is 0 Å². The SMILES string of the molecule is CCNC(=NCc1ccc(NC(=O)C(C)C)cc1)NCC1(c2ccccc2)CC1. The summed E-state index contributed by atoms with van der Waals surface area (Å²) in [6.07, 6.45) is 2.43. The highest BCUT2D eigenvalue weighted by atomic mass is 16.1. The molecule has 0 bridgehead atoms. The number of carbonyl (C=O) groups is 1. The van der Waals surface area contributed by atoms with E-state index in [1.807, 2.05) is 38.1 Å². The van der Waals surface area contributed by atoms with Crippen LogP contribution >= 0.6 is 0 Å². The molecular weight excluding hydrogens is 360 g/mol. The molecule has 3 N–H and O–H groups in total. The highest BCUT2D eigenvalue weighted by Gasteiger charge is 2.43. The van der Waals surface area contributed by atoms with Gasteiger partial charge in [-0.05, 0) is 43.0 Å². The molecule has 1 aliphatic carbocycles. The van der Waals surface area contributed by atoms with E-state index in [9.17, 15) is 4.79 Å². The van der Waals surface area contributed by atoms with Crippen LogP contribution in [0.15, 0.2) is 59.6 Å². The normalized spacial score (nSPS) is 15.1. The number of nitrogens with one attached hydrogen (secondary N) is 3. The quantitative estimate of drug-likeness (QED) is 0.469. The Morgan fingerprint density at radius 3 is 2.31 bits per heavy atom. The van der Waals surface area contributed by atoms with Crippen LogP contribution in [-0.4, -0.2) is 25.0 Å². The summed E-state index contributed by atoms with van der Waals surface area (Å²) in [6.45, 7) is 8.15. The molecule has 154 valence electrons. The zero-order chi connectivity index (χ0) is 20.7. The van der Waals surface area contributed by atoms with Crippen molar-refractivity contribution >= 4 is 17.6 Å². The number of aliphatic imine (C=N–C) groups is 1. The van der Waals surface area contributed by atoms with E-state index in [4.69, 9.17) is 4.99 Å². The maximum absolute atomic E-state index is 11.8. The molecular formula is C24H32N4O. The lowest BCUT2D eigenvalue weighted by Gasteiger charge is -2.19. The molecule has 29 heavy (non-hydrogen) atoms. The monoisotopic (exact) mass is 392 g/mol. The number of nitrogens with zero attached hydrogens (tertiary/aromatic N) is 1. The molecule has 1 saturated carbocycles. The van der Waals surface area contributed by atoms with Crippen molar-refractivity contribution in [1.29, 1.82) is 0 Å². The van der Waals surface area contributed by atoms with Gasteiger partial charge in [0.25, 0.3) is 0 Å². The topological polar surface area (TPSA) is 65.5 Å². The smallest absolute Gasteiger partial charge is 0.226 e. The summed E-state index contributed by atoms with van der Waals surface area (Å²) in [5.74, 6) is 0.840. The Kier molecular flexibility index (Phi) is 6.91. The molecule has 5 nitrogen and oxygen atoms in total. The number of amides is 1. The van der Waals surface area contributed by atoms with E-state index in [2.05, 4.69) is 53.2 Å². The first-order chi connectivity index (χ1) is 14.0. The van der Waals surface area contributed by atoms with Crippen molar-refractivity contribution in [1.82, 2.24) is 10.6 Å². The fourth-order valence-electron chi connectivity index (χ4n) is 3.26. The molecule has 0 saturated heterocycles. The van der Waals surface area contributed by atoms with Gasteiger partial charge in [0.2, 0.25) is 5.91 Å². The number of hydrogen-bond donors (Lipinski definition) is 3. The van der Waals surface area contributed by atoms with E-state index in [1.165, 1.54) is 18.4 Å². The molecule has 0 heterocycles. The fraction of sp³-hybridized carbons (Fsp3) is 0.417. The lowest BCUT2D eigenvalue weighted by molar-refractivity contribution is -0.118. The molecule has 0 aromatic heterocycles. The van der Waals surface area contributed by atoms with E-state index in [-0.39, 0.29) is 17.2 Å². The Bertz CT molecular complexity index is 824. The second-order valence-corrected chi connectivity index (χ2v) is 8.04. The predicted molar refractivity (Wildman–Crippen MR) is 120 cm³/mol. The summed E-state index contributed by atoms with van der Waals surface area (Å²) >= 11 is 0. The summed E-state index contributed by atoms with van der Waals surface area (Å²) in [4.78, 5) is 16.5. The summed E-state index contributed by atoms with van der Waals surface area (Å²) in [5, 5.41) is 9.77. The van der Waals surface area contributed by atoms with Crippen LogP contribution < -0.4 is 16.0 Å². The standard InChI is InChI=1S/C24H32N4O/c1-4-25-23(27-17-24(14-15-24)20-8-6-5-7-9-20)26-16-19-10-12-21(13-11-19)28-22(29)18(2)3/h5-13,18H,4,14-17H2,1-3H3,(H,28,29)(H2,25,26,27). The maximum Gasteiger partial charge on any atom is 0.226 e. The second-order valence-electron chi connectivity index (χ2n) is 8.04. The second kappa shape index (κ2) is 9.59. The van der Waals surface area contributed by atoms with E-state index in [0.29, 0.717) is 6.54 Å². The van der Waals surface area contributed by atoms with Crippen molar-refractivity contribution in [3.63, 3.8) is 0 Å². The maximum atomic E-state index is 11.8. The Morgan fingerprint density at radius 2 is 1.72 bits per heavy atom. The van der Waals surface area contributed by atoms with E-state index in [1.54, 1.807) is 0 Å². The summed E-state index contributed by atoms with van der Waals surface area (Å²) < 4.78 is 0. The number of hydrogen-bond acceptors (Lipinski definition) is 2. The first kappa shape index (κ1) is 20.9. The van der Waals surface area contributed by atoms with Gasteiger partial charge in [-0.15, -0.1) is 0 Å². The van der Waals surface area contributed by atoms with Gasteiger partial charge >= 0.3 is 0 Å². The minimum atomic E-state index is -0.0290. The third-order valence-electron chi connectivity index (χ3n) is 5.34. The summed E-state index contributed by atoms with van der Waals surface area (Å²) in [6, 6.07) is 18.6. The number of guanidine groups is 1. The lowest BCUT2D eigenvalue weighted by Crippen LogP contribution is -2.41. The van der Waals surface area contributed by atoms with Crippen molar-refractivity contribution in [2.75, 3.05) is 18.4 Å². The van der Waals surface area contributed by atoms with Crippen LogP contribution in [0, 0.1) is 5.92 Å². The molecule has 0 atom stereocenters. The Hall–Kier alpha value is -2.82. The van der Waals surface area contributed by atoms with Crippen LogP contribution in [0.4, 0.5) is 5.69 Å². The number of benzene rings is 2. The summed E-state index contributed by atoms with van der Waals surface area (Å²) in [5.41, 5.74) is 3.57. The van der Waals surface area contributed by atoms with Crippen molar-refractivity contribution in [2.45, 2.75) is 45.6 Å². The number of carbonyl (C=O) groups excluding carboxylic acids is 1. The average Bonchev–Trinajstić information content (AvgIpc) is 3.53. The van der Waals surface area contributed by atoms with Crippen LogP contribution in [-0.2, 0) is 16.8 Å². The molecule has 1 amide bonds. The van der Waals surface area contributed by atoms with Gasteiger partial charge in [0.1, 0.15) is 0 Å². The van der Waals surface area contributed by atoms with Crippen LogP contribution in [0.25, 0.3) is 0 Å². The van der Waals surface area contributed by atoms with Gasteiger partial charge in [0.15, 0.2) is 5.96 Å². The van der Waals surface area contributed by atoms with Crippen molar-refractivity contribution in [3.8, 4) is 0 Å². The molecule has 1 aliphatic rings. The number of anilines is 1. The Balaban J connectivity index is 1.57. The fourth-order valence-corrected chi connectivity index (χ4v) is 3.26. The molecule has 0 radical (unpaired) electrons. The minimum absolute atomic E-state index is 0.0290. The van der Waals surface area contributed by atoms with Crippen molar-refractivity contribution in [3.05, 3.63) is 65.7 Å². The highest BCUT2D eigenvalue weighted by Crippen LogP contribution is 2.47. The van der Waals surface area contributed by atoms with Crippen LogP contribution in [0.3, 0.4) is 0 Å². The van der Waals surface area contributed by atoms with Gasteiger partial charge in [0.05, 0.1) is 6.54 Å². The largest absolute Gasteiger partial charge is 0.357 e.